The molecule has 3 aromatic rings. The number of nitrogens with one attached hydrogen (secondary N) is 1. The van der Waals surface area contributed by atoms with Crippen molar-refractivity contribution in [3.63, 3.8) is 0 Å². The second-order valence-electron chi connectivity index (χ2n) is 11.2. The largest absolute Gasteiger partial charge is 0.477 e. The Morgan fingerprint density at radius 2 is 1.82 bits per heavy atom. The fraction of sp³-hybridized carbons (Fsp3) is 0.464. The van der Waals surface area contributed by atoms with E-state index in [4.69, 9.17) is 9.72 Å². The lowest BCUT2D eigenvalue weighted by atomic mass is 9.96. The Balaban J connectivity index is 1.38. The number of sulfonamides is 1. The summed E-state index contributed by atoms with van der Waals surface area (Å²) in [4.78, 5) is 20.0. The molecule has 0 spiro atoms. The zero-order valence-electron chi connectivity index (χ0n) is 22.7. The number of aromatic nitrogens is 3. The Labute approximate surface area is 232 Å². The number of rotatable bonds is 10. The first-order chi connectivity index (χ1) is 18.8. The molecule has 0 bridgehead atoms. The summed E-state index contributed by atoms with van der Waals surface area (Å²) in [6, 6.07) is 12.4. The molecule has 2 aromatic heterocycles. The van der Waals surface area contributed by atoms with Crippen molar-refractivity contribution in [1.29, 1.82) is 0 Å². The van der Waals surface area contributed by atoms with E-state index < -0.39 is 27.3 Å². The highest BCUT2D eigenvalue weighted by Gasteiger charge is 2.58. The molecular weight excluding hydrogens is 540 g/mol. The van der Waals surface area contributed by atoms with Crippen molar-refractivity contribution in [3.05, 3.63) is 60.3 Å². The third kappa shape index (κ3) is 5.54. The molecule has 40 heavy (non-hydrogen) atoms. The zero-order chi connectivity index (χ0) is 28.8. The van der Waals surface area contributed by atoms with Crippen LogP contribution in [0.15, 0.2) is 59.6 Å². The van der Waals surface area contributed by atoms with Gasteiger partial charge in [-0.15, -0.1) is 5.10 Å². The van der Waals surface area contributed by atoms with Gasteiger partial charge in [0.05, 0.1) is 17.1 Å². The third-order valence-corrected chi connectivity index (χ3v) is 9.30. The summed E-state index contributed by atoms with van der Waals surface area (Å²) in [5, 5.41) is 4.39. The zero-order valence-corrected chi connectivity index (χ0v) is 23.5. The summed E-state index contributed by atoms with van der Waals surface area (Å²) < 4.78 is 62.7. The van der Waals surface area contributed by atoms with Crippen molar-refractivity contribution in [2.24, 2.45) is 5.41 Å². The number of nitrogens with zero attached hydrogens (tertiary/aromatic N) is 4. The first-order valence-electron chi connectivity index (χ1n) is 13.3. The van der Waals surface area contributed by atoms with Crippen molar-refractivity contribution < 1.29 is 26.7 Å². The van der Waals surface area contributed by atoms with Crippen LogP contribution in [-0.4, -0.2) is 53.7 Å². The monoisotopic (exact) mass is 573 g/mol. The predicted molar refractivity (Wildman–Crippen MR) is 146 cm³/mol. The average molecular weight is 574 g/mol. The summed E-state index contributed by atoms with van der Waals surface area (Å²) in [6.45, 7) is 5.81. The van der Waals surface area contributed by atoms with Gasteiger partial charge in [0.25, 0.3) is 21.9 Å². The molecule has 2 fully saturated rings. The van der Waals surface area contributed by atoms with Crippen LogP contribution >= 0.6 is 0 Å². The molecule has 0 unspecified atom stereocenters. The highest BCUT2D eigenvalue weighted by molar-refractivity contribution is 7.90. The maximum Gasteiger partial charge on any atom is 0.268 e. The number of anilines is 1. The minimum Gasteiger partial charge on any atom is -0.477 e. The van der Waals surface area contributed by atoms with Gasteiger partial charge >= 0.3 is 0 Å². The Hall–Kier alpha value is -3.54. The molecule has 1 aromatic carbocycles. The van der Waals surface area contributed by atoms with Gasteiger partial charge in [0.15, 0.2) is 5.82 Å². The number of halogens is 2. The predicted octanol–water partition coefficient (Wildman–Crippen LogP) is 4.97. The fourth-order valence-corrected chi connectivity index (χ4v) is 6.19. The highest BCUT2D eigenvalue weighted by atomic mass is 32.2. The number of alkyl halides is 2. The Bertz CT molecular complexity index is 1500. The minimum absolute atomic E-state index is 0.0182. The van der Waals surface area contributed by atoms with Gasteiger partial charge in [-0.3, -0.25) is 4.79 Å². The van der Waals surface area contributed by atoms with Gasteiger partial charge in [0, 0.05) is 29.8 Å². The van der Waals surface area contributed by atoms with E-state index in [1.54, 1.807) is 36.5 Å². The minimum atomic E-state index is -4.09. The smallest absolute Gasteiger partial charge is 0.268 e. The lowest BCUT2D eigenvalue weighted by Crippen LogP contribution is -2.41. The molecule has 214 valence electrons. The van der Waals surface area contributed by atoms with Gasteiger partial charge in [0.1, 0.15) is 5.82 Å². The maximum atomic E-state index is 13.9. The van der Waals surface area contributed by atoms with Crippen molar-refractivity contribution in [3.8, 4) is 11.7 Å². The number of pyridine rings is 1. The quantitative estimate of drug-likeness (QED) is 0.365. The molecule has 1 aliphatic heterocycles. The molecule has 1 amide bonds. The summed E-state index contributed by atoms with van der Waals surface area (Å²) in [6.07, 6.45) is 4.62. The number of ether oxygens (including phenoxy) is 1. The Morgan fingerprint density at radius 3 is 2.45 bits per heavy atom. The number of amides is 1. The molecule has 0 atom stereocenters. The molecule has 2 aliphatic rings. The van der Waals surface area contributed by atoms with E-state index in [0.717, 1.165) is 19.8 Å². The second-order valence-corrected chi connectivity index (χ2v) is 12.9. The van der Waals surface area contributed by atoms with Gasteiger partial charge in [0.2, 0.25) is 5.88 Å². The summed E-state index contributed by atoms with van der Waals surface area (Å²) in [7, 11) is -4.09. The SMILES string of the molecule is CC1(C)CCCN1c1nc(-n2ccc(OCCC3(C(C)(F)F)CC3)n2)ccc1C(=O)NS(=O)(=O)c1ccccc1. The summed E-state index contributed by atoms with van der Waals surface area (Å²) in [5.74, 6) is -2.51. The van der Waals surface area contributed by atoms with E-state index in [1.165, 1.54) is 22.9 Å². The number of carbonyl (C=O) groups excluding carboxylic acids is 1. The van der Waals surface area contributed by atoms with Crippen LogP contribution in [0, 0.1) is 5.41 Å². The molecule has 1 N–H and O–H groups in total. The molecule has 1 saturated heterocycles. The van der Waals surface area contributed by atoms with Crippen molar-refractivity contribution in [2.45, 2.75) is 69.2 Å². The van der Waals surface area contributed by atoms with Crippen molar-refractivity contribution in [1.82, 2.24) is 19.5 Å². The van der Waals surface area contributed by atoms with Crippen LogP contribution in [0.2, 0.25) is 0 Å². The van der Waals surface area contributed by atoms with Gasteiger partial charge in [-0.05, 0) is 77.1 Å². The van der Waals surface area contributed by atoms with Crippen molar-refractivity contribution >= 4 is 21.7 Å². The molecule has 9 nitrogen and oxygen atoms in total. The van der Waals surface area contributed by atoms with E-state index >= 15 is 0 Å². The molecule has 0 radical (unpaired) electrons. The van der Waals surface area contributed by atoms with Gasteiger partial charge in [-0.2, -0.15) is 0 Å². The fourth-order valence-electron chi connectivity index (χ4n) is 5.21. The standard InChI is InChI=1S/C28H33F2N5O4S/c1-26(2)13-7-17-34(26)24-21(25(36)33-40(37,38)20-8-5-4-6-9-20)10-11-22(31-24)35-18-12-23(32-35)39-19-16-28(14-15-28)27(3,29)30/h4-6,8-12,18H,7,13-17,19H2,1-3H3,(H,33,36). The Kier molecular flexibility index (Phi) is 7.10. The molecule has 1 aliphatic carbocycles. The van der Waals surface area contributed by atoms with Crippen LogP contribution in [0.3, 0.4) is 0 Å². The van der Waals surface area contributed by atoms with Crippen LogP contribution in [0.4, 0.5) is 14.6 Å². The molecule has 12 heteroatoms. The molecule has 1 saturated carbocycles. The highest BCUT2D eigenvalue weighted by Crippen LogP contribution is 2.59. The molecule has 3 heterocycles. The topological polar surface area (TPSA) is 106 Å². The molecular formula is C28H33F2N5O4S. The van der Waals surface area contributed by atoms with E-state index in [0.29, 0.717) is 31.0 Å². The maximum absolute atomic E-state index is 13.9. The average Bonchev–Trinajstić information content (AvgIpc) is 3.41. The van der Waals surface area contributed by atoms with Gasteiger partial charge in [-0.25, -0.2) is 31.6 Å². The number of hydrogen-bond donors (Lipinski definition) is 1. The second kappa shape index (κ2) is 10.1. The van der Waals surface area contributed by atoms with Gasteiger partial charge < -0.3 is 9.64 Å². The van der Waals surface area contributed by atoms with Crippen LogP contribution in [-0.2, 0) is 10.0 Å². The van der Waals surface area contributed by atoms with Crippen LogP contribution in [0.25, 0.3) is 5.82 Å². The number of benzene rings is 1. The molecule has 5 rings (SSSR count). The lowest BCUT2D eigenvalue weighted by molar-refractivity contribution is -0.0618. The van der Waals surface area contributed by atoms with Crippen LogP contribution in [0.1, 0.15) is 63.2 Å². The summed E-state index contributed by atoms with van der Waals surface area (Å²) >= 11 is 0. The van der Waals surface area contributed by atoms with Crippen LogP contribution < -0.4 is 14.4 Å². The van der Waals surface area contributed by atoms with E-state index in [-0.39, 0.29) is 34.9 Å². The summed E-state index contributed by atoms with van der Waals surface area (Å²) in [5.41, 5.74) is -1.17. The van der Waals surface area contributed by atoms with Crippen molar-refractivity contribution in [2.75, 3.05) is 18.1 Å². The number of hydrogen-bond acceptors (Lipinski definition) is 7. The first kappa shape index (κ1) is 28.0. The number of carbonyl (C=O) groups is 1. The van der Waals surface area contributed by atoms with E-state index in [2.05, 4.69) is 9.82 Å². The van der Waals surface area contributed by atoms with E-state index in [1.807, 2.05) is 18.7 Å². The normalized spacial score (nSPS) is 18.0. The Morgan fingerprint density at radius 1 is 1.10 bits per heavy atom. The van der Waals surface area contributed by atoms with Gasteiger partial charge in [-0.1, -0.05) is 18.2 Å². The lowest BCUT2D eigenvalue weighted by Gasteiger charge is -2.34. The first-order valence-corrected chi connectivity index (χ1v) is 14.8. The van der Waals surface area contributed by atoms with Crippen LogP contribution in [0.5, 0.6) is 5.88 Å². The van der Waals surface area contributed by atoms with E-state index in [9.17, 15) is 22.0 Å². The third-order valence-electron chi connectivity index (χ3n) is 7.96.